The summed E-state index contributed by atoms with van der Waals surface area (Å²) >= 11 is 0. The lowest BCUT2D eigenvalue weighted by Gasteiger charge is -2.32. The Morgan fingerprint density at radius 2 is 1.80 bits per heavy atom. The molecule has 0 aliphatic carbocycles. The van der Waals surface area contributed by atoms with Gasteiger partial charge in [0.25, 0.3) is 0 Å². The highest BCUT2D eigenvalue weighted by Gasteiger charge is 2.52. The highest BCUT2D eigenvalue weighted by Crippen LogP contribution is 2.36. The molecule has 0 aromatic heterocycles. The SMILES string of the molecule is CC1(C)OB(c2ccc(F)cc2CCC#N)OC1(C)C. The lowest BCUT2D eigenvalue weighted by atomic mass is 9.75. The smallest absolute Gasteiger partial charge is 0.399 e. The van der Waals surface area contributed by atoms with Crippen molar-refractivity contribution in [2.24, 2.45) is 0 Å². The number of nitrogens with zero attached hydrogens (tertiary/aromatic N) is 1. The summed E-state index contributed by atoms with van der Waals surface area (Å²) in [7, 11) is -0.519. The number of benzene rings is 1. The number of halogens is 1. The fourth-order valence-electron chi connectivity index (χ4n) is 2.18. The molecule has 1 heterocycles. The van der Waals surface area contributed by atoms with Crippen LogP contribution in [-0.2, 0) is 15.7 Å². The zero-order chi connectivity index (χ0) is 15.0. The number of nitriles is 1. The second-order valence-electron chi connectivity index (χ2n) is 6.09. The van der Waals surface area contributed by atoms with Crippen LogP contribution in [0.2, 0.25) is 0 Å². The molecule has 1 aliphatic rings. The minimum Gasteiger partial charge on any atom is -0.399 e. The van der Waals surface area contributed by atoms with E-state index in [1.807, 2.05) is 27.7 Å². The third-order valence-corrected chi connectivity index (χ3v) is 4.12. The van der Waals surface area contributed by atoms with Gasteiger partial charge in [-0.05, 0) is 57.3 Å². The van der Waals surface area contributed by atoms with Gasteiger partial charge in [0, 0.05) is 6.42 Å². The van der Waals surface area contributed by atoms with E-state index in [-0.39, 0.29) is 5.82 Å². The number of hydrogen-bond donors (Lipinski definition) is 0. The molecule has 5 heteroatoms. The third kappa shape index (κ3) is 2.72. The van der Waals surface area contributed by atoms with Gasteiger partial charge >= 0.3 is 7.12 Å². The molecule has 3 nitrogen and oxygen atoms in total. The summed E-state index contributed by atoms with van der Waals surface area (Å²) in [5.41, 5.74) is 0.710. The van der Waals surface area contributed by atoms with Gasteiger partial charge in [0.1, 0.15) is 5.82 Å². The Balaban J connectivity index is 2.32. The lowest BCUT2D eigenvalue weighted by Crippen LogP contribution is -2.41. The summed E-state index contributed by atoms with van der Waals surface area (Å²) in [6.07, 6.45) is 0.837. The molecule has 1 saturated heterocycles. The molecule has 0 bridgehead atoms. The molecule has 1 fully saturated rings. The van der Waals surface area contributed by atoms with Crippen molar-refractivity contribution in [1.29, 1.82) is 5.26 Å². The van der Waals surface area contributed by atoms with Crippen LogP contribution in [0.1, 0.15) is 39.7 Å². The van der Waals surface area contributed by atoms with E-state index in [0.29, 0.717) is 12.8 Å². The van der Waals surface area contributed by atoms with Crippen molar-refractivity contribution in [1.82, 2.24) is 0 Å². The molecule has 106 valence electrons. The van der Waals surface area contributed by atoms with E-state index in [2.05, 4.69) is 6.07 Å². The van der Waals surface area contributed by atoms with Crippen LogP contribution in [0, 0.1) is 17.1 Å². The minimum atomic E-state index is -0.519. The Morgan fingerprint density at radius 1 is 1.20 bits per heavy atom. The van der Waals surface area contributed by atoms with Gasteiger partial charge in [0.05, 0.1) is 17.3 Å². The van der Waals surface area contributed by atoms with Crippen LogP contribution >= 0.6 is 0 Å². The first kappa shape index (κ1) is 15.0. The van der Waals surface area contributed by atoms with Crippen LogP contribution in [0.15, 0.2) is 18.2 Å². The highest BCUT2D eigenvalue weighted by molar-refractivity contribution is 6.62. The molecule has 0 N–H and O–H groups in total. The molecule has 1 aromatic carbocycles. The predicted octanol–water partition coefficient (Wildman–Crippen LogP) is 2.58. The van der Waals surface area contributed by atoms with E-state index in [1.165, 1.54) is 12.1 Å². The second-order valence-corrected chi connectivity index (χ2v) is 6.09. The van der Waals surface area contributed by atoms with Crippen molar-refractivity contribution in [2.45, 2.75) is 51.7 Å². The number of aryl methyl sites for hydroxylation is 1. The van der Waals surface area contributed by atoms with Crippen LogP contribution in [0.4, 0.5) is 4.39 Å². The van der Waals surface area contributed by atoms with Crippen LogP contribution in [0.25, 0.3) is 0 Å². The van der Waals surface area contributed by atoms with Gasteiger partial charge in [0.15, 0.2) is 0 Å². The van der Waals surface area contributed by atoms with E-state index in [0.717, 1.165) is 11.0 Å². The molecule has 20 heavy (non-hydrogen) atoms. The normalized spacial score (nSPS) is 19.9. The first-order chi connectivity index (χ1) is 9.27. The number of rotatable bonds is 3. The van der Waals surface area contributed by atoms with Crippen LogP contribution < -0.4 is 5.46 Å². The van der Waals surface area contributed by atoms with E-state index >= 15 is 0 Å². The third-order valence-electron chi connectivity index (χ3n) is 4.12. The monoisotopic (exact) mass is 275 g/mol. The Labute approximate surface area is 119 Å². The average Bonchev–Trinajstić information content (AvgIpc) is 2.55. The van der Waals surface area contributed by atoms with Crippen molar-refractivity contribution in [3.8, 4) is 6.07 Å². The largest absolute Gasteiger partial charge is 0.495 e. The van der Waals surface area contributed by atoms with Gasteiger partial charge in [-0.2, -0.15) is 5.26 Å². The Hall–Kier alpha value is -1.38. The summed E-state index contributed by atoms with van der Waals surface area (Å²) in [6.45, 7) is 7.91. The van der Waals surface area contributed by atoms with Gasteiger partial charge in [-0.3, -0.25) is 0 Å². The molecule has 0 amide bonds. The quantitative estimate of drug-likeness (QED) is 0.796. The van der Waals surface area contributed by atoms with Crippen molar-refractivity contribution < 1.29 is 13.7 Å². The highest BCUT2D eigenvalue weighted by atomic mass is 19.1. The summed E-state index contributed by atoms with van der Waals surface area (Å²) in [5, 5.41) is 8.71. The predicted molar refractivity (Wildman–Crippen MR) is 76.1 cm³/mol. The summed E-state index contributed by atoms with van der Waals surface area (Å²) < 4.78 is 25.4. The van der Waals surface area contributed by atoms with E-state index in [9.17, 15) is 4.39 Å². The molecule has 1 aromatic rings. The van der Waals surface area contributed by atoms with Crippen molar-refractivity contribution in [3.05, 3.63) is 29.6 Å². The molecular weight excluding hydrogens is 256 g/mol. The minimum absolute atomic E-state index is 0.307. The Morgan fingerprint density at radius 3 is 2.35 bits per heavy atom. The Kier molecular flexibility index (Phi) is 3.90. The standard InChI is InChI=1S/C15H19BFNO2/c1-14(2)15(3,4)20-16(19-14)13-8-7-12(17)10-11(13)6-5-9-18/h7-8,10H,5-6H2,1-4H3. The maximum atomic E-state index is 13.4. The zero-order valence-electron chi connectivity index (χ0n) is 12.4. The van der Waals surface area contributed by atoms with Gasteiger partial charge in [0.2, 0.25) is 0 Å². The molecular formula is C15H19BFNO2. The molecule has 0 radical (unpaired) electrons. The first-order valence-corrected chi connectivity index (χ1v) is 6.78. The zero-order valence-corrected chi connectivity index (χ0v) is 12.4. The molecule has 1 aliphatic heterocycles. The van der Waals surface area contributed by atoms with Crippen molar-refractivity contribution in [3.63, 3.8) is 0 Å². The lowest BCUT2D eigenvalue weighted by molar-refractivity contribution is 0.00578. The van der Waals surface area contributed by atoms with Crippen LogP contribution in [0.5, 0.6) is 0 Å². The summed E-state index contributed by atoms with van der Waals surface area (Å²) in [6, 6.07) is 6.62. The van der Waals surface area contributed by atoms with Crippen molar-refractivity contribution in [2.75, 3.05) is 0 Å². The van der Waals surface area contributed by atoms with E-state index < -0.39 is 18.3 Å². The molecule has 0 atom stereocenters. The topological polar surface area (TPSA) is 42.2 Å². The molecule has 0 saturated carbocycles. The van der Waals surface area contributed by atoms with E-state index in [4.69, 9.17) is 14.6 Å². The van der Waals surface area contributed by atoms with Gasteiger partial charge in [-0.25, -0.2) is 4.39 Å². The first-order valence-electron chi connectivity index (χ1n) is 6.78. The Bertz CT molecular complexity index is 535. The fraction of sp³-hybridized carbons (Fsp3) is 0.533. The molecule has 0 spiro atoms. The summed E-state index contributed by atoms with van der Waals surface area (Å²) in [4.78, 5) is 0. The summed E-state index contributed by atoms with van der Waals surface area (Å²) in [5.74, 6) is -0.307. The van der Waals surface area contributed by atoms with Crippen LogP contribution in [0.3, 0.4) is 0 Å². The molecule has 2 rings (SSSR count). The van der Waals surface area contributed by atoms with E-state index in [1.54, 1.807) is 6.07 Å². The van der Waals surface area contributed by atoms with Gasteiger partial charge in [-0.15, -0.1) is 0 Å². The molecule has 0 unspecified atom stereocenters. The second kappa shape index (κ2) is 5.19. The number of hydrogen-bond acceptors (Lipinski definition) is 3. The van der Waals surface area contributed by atoms with Gasteiger partial charge in [-0.1, -0.05) is 6.07 Å². The fourth-order valence-corrected chi connectivity index (χ4v) is 2.18. The van der Waals surface area contributed by atoms with Gasteiger partial charge < -0.3 is 9.31 Å². The maximum Gasteiger partial charge on any atom is 0.495 e. The average molecular weight is 275 g/mol. The van der Waals surface area contributed by atoms with Crippen molar-refractivity contribution >= 4 is 12.6 Å². The maximum absolute atomic E-state index is 13.4. The van der Waals surface area contributed by atoms with Crippen LogP contribution in [-0.4, -0.2) is 18.3 Å².